The van der Waals surface area contributed by atoms with Gasteiger partial charge in [0, 0.05) is 24.4 Å². The highest BCUT2D eigenvalue weighted by Gasteiger charge is 2.15. The highest BCUT2D eigenvalue weighted by molar-refractivity contribution is 5.78. The van der Waals surface area contributed by atoms with Crippen LogP contribution in [-0.4, -0.2) is 11.3 Å². The summed E-state index contributed by atoms with van der Waals surface area (Å²) in [5.74, 6) is 0. The molecule has 0 saturated heterocycles. The van der Waals surface area contributed by atoms with E-state index in [0.29, 0.717) is 6.42 Å². The van der Waals surface area contributed by atoms with Gasteiger partial charge in [0.1, 0.15) is 6.29 Å². The summed E-state index contributed by atoms with van der Waals surface area (Å²) in [6.45, 7) is 2.08. The third-order valence-electron chi connectivity index (χ3n) is 4.83. The van der Waals surface area contributed by atoms with Crippen LogP contribution in [0.25, 0.3) is 16.7 Å². The first kappa shape index (κ1) is 17.3. The van der Waals surface area contributed by atoms with Gasteiger partial charge in [-0.25, -0.2) is 0 Å². The van der Waals surface area contributed by atoms with Crippen molar-refractivity contribution in [2.75, 3.05) is 0 Å². The molecular formula is C23H25NO. The number of unbranched alkanes of at least 4 members (excludes halogenated alkanes) is 2. The molecule has 1 heterocycles. The lowest BCUT2D eigenvalue weighted by atomic mass is 9.94. The van der Waals surface area contributed by atoms with E-state index in [2.05, 4.69) is 54.4 Å². The first-order chi connectivity index (χ1) is 12.3. The average molecular weight is 331 g/mol. The van der Waals surface area contributed by atoms with E-state index in [1.54, 1.807) is 0 Å². The molecule has 0 N–H and O–H groups in total. The Morgan fingerprint density at radius 3 is 2.84 bits per heavy atom. The maximum atomic E-state index is 10.4. The van der Waals surface area contributed by atoms with Crippen molar-refractivity contribution in [1.82, 2.24) is 4.98 Å². The molecule has 2 heteroatoms. The Labute approximate surface area is 150 Å². The molecule has 2 nitrogen and oxygen atoms in total. The molecule has 0 amide bonds. The molecule has 25 heavy (non-hydrogen) atoms. The SMILES string of the molecule is C/C=C(\C=C/CCCC=O)c1ccc2c(c1)CCCc1ccncc1-2. The molecule has 1 aliphatic rings. The molecule has 2 aromatic rings. The summed E-state index contributed by atoms with van der Waals surface area (Å²) in [6, 6.07) is 8.95. The molecule has 0 fully saturated rings. The zero-order valence-electron chi connectivity index (χ0n) is 14.9. The van der Waals surface area contributed by atoms with E-state index in [-0.39, 0.29) is 0 Å². The summed E-state index contributed by atoms with van der Waals surface area (Å²) >= 11 is 0. The molecule has 0 saturated carbocycles. The van der Waals surface area contributed by atoms with Gasteiger partial charge in [0.25, 0.3) is 0 Å². The third kappa shape index (κ3) is 4.14. The Hall–Kier alpha value is -2.48. The van der Waals surface area contributed by atoms with Crippen LogP contribution in [0.4, 0.5) is 0 Å². The quantitative estimate of drug-likeness (QED) is 0.394. The van der Waals surface area contributed by atoms with Crippen LogP contribution in [0.15, 0.2) is 54.9 Å². The van der Waals surface area contributed by atoms with Crippen LogP contribution in [0.5, 0.6) is 0 Å². The second kappa shape index (κ2) is 8.57. The van der Waals surface area contributed by atoms with Crippen molar-refractivity contribution in [2.45, 2.75) is 45.4 Å². The maximum absolute atomic E-state index is 10.4. The van der Waals surface area contributed by atoms with Crippen molar-refractivity contribution < 1.29 is 4.79 Å². The number of rotatable bonds is 6. The third-order valence-corrected chi connectivity index (χ3v) is 4.83. The Morgan fingerprint density at radius 1 is 1.12 bits per heavy atom. The first-order valence-electron chi connectivity index (χ1n) is 9.16. The fourth-order valence-electron chi connectivity index (χ4n) is 3.48. The first-order valence-corrected chi connectivity index (χ1v) is 9.16. The predicted molar refractivity (Wildman–Crippen MR) is 104 cm³/mol. The van der Waals surface area contributed by atoms with Gasteiger partial charge < -0.3 is 4.79 Å². The smallest absolute Gasteiger partial charge is 0.120 e. The Kier molecular flexibility index (Phi) is 5.95. The number of pyridine rings is 1. The number of nitrogens with zero attached hydrogens (tertiary/aromatic N) is 1. The normalized spacial score (nSPS) is 14.0. The van der Waals surface area contributed by atoms with Gasteiger partial charge in [-0.15, -0.1) is 0 Å². The van der Waals surface area contributed by atoms with Crippen LogP contribution in [0, 0.1) is 0 Å². The number of aromatic nitrogens is 1. The Balaban J connectivity index is 1.86. The van der Waals surface area contributed by atoms with Crippen molar-refractivity contribution in [2.24, 2.45) is 0 Å². The van der Waals surface area contributed by atoms with E-state index in [1.165, 1.54) is 39.8 Å². The van der Waals surface area contributed by atoms with Crippen molar-refractivity contribution in [1.29, 1.82) is 0 Å². The average Bonchev–Trinajstić information content (AvgIpc) is 2.83. The molecule has 0 radical (unpaired) electrons. The van der Waals surface area contributed by atoms with Gasteiger partial charge in [-0.2, -0.15) is 0 Å². The Bertz CT molecular complexity index is 801. The lowest BCUT2D eigenvalue weighted by molar-refractivity contribution is -0.107. The van der Waals surface area contributed by atoms with Crippen molar-refractivity contribution >= 4 is 11.9 Å². The fraction of sp³-hybridized carbons (Fsp3) is 0.304. The Morgan fingerprint density at radius 2 is 2.00 bits per heavy atom. The van der Waals surface area contributed by atoms with Crippen molar-refractivity contribution in [3.8, 4) is 11.1 Å². The molecule has 0 bridgehead atoms. The largest absolute Gasteiger partial charge is 0.303 e. The molecule has 3 rings (SSSR count). The number of hydrogen-bond acceptors (Lipinski definition) is 2. The number of benzene rings is 1. The van der Waals surface area contributed by atoms with E-state index in [0.717, 1.165) is 32.0 Å². The van der Waals surface area contributed by atoms with E-state index < -0.39 is 0 Å². The van der Waals surface area contributed by atoms with Crippen LogP contribution in [0.3, 0.4) is 0 Å². The van der Waals surface area contributed by atoms with Crippen molar-refractivity contribution in [3.05, 3.63) is 71.6 Å². The minimum Gasteiger partial charge on any atom is -0.303 e. The maximum Gasteiger partial charge on any atom is 0.120 e. The molecule has 1 aromatic carbocycles. The lowest BCUT2D eigenvalue weighted by Crippen LogP contribution is -1.91. The summed E-state index contributed by atoms with van der Waals surface area (Å²) < 4.78 is 0. The molecule has 1 aromatic heterocycles. The number of hydrogen-bond donors (Lipinski definition) is 0. The molecule has 0 spiro atoms. The number of allylic oxidation sites excluding steroid dienone is 4. The summed E-state index contributed by atoms with van der Waals surface area (Å²) in [5, 5.41) is 0. The topological polar surface area (TPSA) is 30.0 Å². The minimum atomic E-state index is 0.641. The van der Waals surface area contributed by atoms with Crippen LogP contribution in [0.2, 0.25) is 0 Å². The van der Waals surface area contributed by atoms with Crippen LogP contribution in [-0.2, 0) is 17.6 Å². The fourth-order valence-corrected chi connectivity index (χ4v) is 3.48. The predicted octanol–water partition coefficient (Wildman–Crippen LogP) is 5.57. The zero-order valence-corrected chi connectivity index (χ0v) is 14.9. The van der Waals surface area contributed by atoms with Gasteiger partial charge in [-0.3, -0.25) is 4.98 Å². The number of aldehydes is 1. The molecule has 128 valence electrons. The van der Waals surface area contributed by atoms with Gasteiger partial charge in [0.05, 0.1) is 0 Å². The standard InChI is InChI=1S/C23H25NO/c1-2-18(8-5-3-4-6-15-25)20-11-12-22-21(16-20)10-7-9-19-13-14-24-17-23(19)22/h2,5,8,11-17H,3-4,6-7,9-10H2,1H3/b8-5-,18-2+. The summed E-state index contributed by atoms with van der Waals surface area (Å²) in [5.41, 5.74) is 7.94. The highest BCUT2D eigenvalue weighted by atomic mass is 16.1. The van der Waals surface area contributed by atoms with E-state index in [9.17, 15) is 4.79 Å². The van der Waals surface area contributed by atoms with Gasteiger partial charge in [-0.05, 0) is 72.9 Å². The molecule has 0 atom stereocenters. The summed E-state index contributed by atoms with van der Waals surface area (Å²) in [4.78, 5) is 14.7. The summed E-state index contributed by atoms with van der Waals surface area (Å²) in [7, 11) is 0. The van der Waals surface area contributed by atoms with Gasteiger partial charge >= 0.3 is 0 Å². The van der Waals surface area contributed by atoms with Gasteiger partial charge in [0.2, 0.25) is 0 Å². The van der Waals surface area contributed by atoms with Crippen molar-refractivity contribution in [3.63, 3.8) is 0 Å². The van der Waals surface area contributed by atoms with Gasteiger partial charge in [0.15, 0.2) is 0 Å². The zero-order chi connectivity index (χ0) is 17.5. The van der Waals surface area contributed by atoms with E-state index in [4.69, 9.17) is 0 Å². The number of carbonyl (C=O) groups excluding carboxylic acids is 1. The second-order valence-electron chi connectivity index (χ2n) is 6.50. The summed E-state index contributed by atoms with van der Waals surface area (Å²) in [6.07, 6.45) is 17.3. The van der Waals surface area contributed by atoms with E-state index in [1.807, 2.05) is 12.4 Å². The van der Waals surface area contributed by atoms with E-state index >= 15 is 0 Å². The monoisotopic (exact) mass is 331 g/mol. The van der Waals surface area contributed by atoms with Crippen LogP contribution < -0.4 is 0 Å². The molecular weight excluding hydrogens is 306 g/mol. The van der Waals surface area contributed by atoms with Crippen LogP contribution in [0.1, 0.15) is 49.3 Å². The molecule has 0 unspecified atom stereocenters. The highest BCUT2D eigenvalue weighted by Crippen LogP contribution is 2.33. The van der Waals surface area contributed by atoms with Gasteiger partial charge in [-0.1, -0.05) is 36.4 Å². The number of fused-ring (bicyclic) bond motifs is 3. The second-order valence-corrected chi connectivity index (χ2v) is 6.50. The molecule has 1 aliphatic carbocycles. The van der Waals surface area contributed by atoms with Crippen LogP contribution >= 0.6 is 0 Å². The number of aryl methyl sites for hydroxylation is 2. The lowest BCUT2D eigenvalue weighted by Gasteiger charge is -2.11. The molecule has 0 aliphatic heterocycles. The minimum absolute atomic E-state index is 0.641. The number of carbonyl (C=O) groups is 1.